The molecule has 0 bridgehead atoms. The number of nitrogens with zero attached hydrogens (tertiary/aromatic N) is 3. The standard InChI is InChI=1S/C25H18F2N6O2/c1-14-21(12-29-33-14)24-13-28-22-6-5-19(11-23(22)32-24)35-20-9-16(27)8-18(10-20)31-25(34)30-17-4-2-3-15(26)7-17/h2-13H,1H3,(H,29,33)(H2,30,31,34). The number of hydrogen-bond acceptors (Lipinski definition) is 5. The Morgan fingerprint density at radius 2 is 1.71 bits per heavy atom. The molecule has 0 fully saturated rings. The van der Waals surface area contributed by atoms with Crippen LogP contribution in [-0.2, 0) is 0 Å². The monoisotopic (exact) mass is 472 g/mol. The number of benzene rings is 3. The molecule has 0 atom stereocenters. The molecule has 0 spiro atoms. The van der Waals surface area contributed by atoms with Gasteiger partial charge in [-0.25, -0.2) is 18.6 Å². The van der Waals surface area contributed by atoms with E-state index in [-0.39, 0.29) is 17.1 Å². The number of aryl methyl sites for hydroxylation is 1. The summed E-state index contributed by atoms with van der Waals surface area (Å²) in [6.45, 7) is 1.89. The second kappa shape index (κ2) is 9.18. The van der Waals surface area contributed by atoms with Gasteiger partial charge in [0.15, 0.2) is 0 Å². The number of fused-ring (bicyclic) bond motifs is 1. The summed E-state index contributed by atoms with van der Waals surface area (Å²) in [7, 11) is 0. The summed E-state index contributed by atoms with van der Waals surface area (Å²) in [5.41, 5.74) is 4.03. The lowest BCUT2D eigenvalue weighted by atomic mass is 10.2. The van der Waals surface area contributed by atoms with Gasteiger partial charge in [-0.15, -0.1) is 0 Å². The van der Waals surface area contributed by atoms with Crippen molar-refractivity contribution in [3.05, 3.63) is 90.4 Å². The van der Waals surface area contributed by atoms with E-state index in [4.69, 9.17) is 4.74 Å². The molecule has 5 aromatic rings. The molecule has 0 unspecified atom stereocenters. The minimum atomic E-state index is -0.657. The van der Waals surface area contributed by atoms with Gasteiger partial charge >= 0.3 is 6.03 Å². The molecule has 3 N–H and O–H groups in total. The Morgan fingerprint density at radius 3 is 2.51 bits per heavy atom. The number of rotatable bonds is 5. The highest BCUT2D eigenvalue weighted by atomic mass is 19.1. The molecular weight excluding hydrogens is 454 g/mol. The lowest BCUT2D eigenvalue weighted by Gasteiger charge is -2.11. The van der Waals surface area contributed by atoms with Crippen LogP contribution in [0.2, 0.25) is 0 Å². The van der Waals surface area contributed by atoms with Gasteiger partial charge < -0.3 is 15.4 Å². The van der Waals surface area contributed by atoms with Crippen LogP contribution in [0.15, 0.2) is 73.1 Å². The zero-order valence-corrected chi connectivity index (χ0v) is 18.3. The lowest BCUT2D eigenvalue weighted by Crippen LogP contribution is -2.19. The number of anilines is 2. The van der Waals surface area contributed by atoms with Crippen LogP contribution in [0.25, 0.3) is 22.3 Å². The van der Waals surface area contributed by atoms with Gasteiger partial charge in [0.25, 0.3) is 0 Å². The molecule has 2 heterocycles. The van der Waals surface area contributed by atoms with E-state index in [2.05, 4.69) is 30.8 Å². The van der Waals surface area contributed by atoms with Crippen LogP contribution in [-0.4, -0.2) is 26.2 Å². The van der Waals surface area contributed by atoms with Crippen molar-refractivity contribution in [2.45, 2.75) is 6.92 Å². The van der Waals surface area contributed by atoms with E-state index < -0.39 is 17.7 Å². The van der Waals surface area contributed by atoms with Crippen molar-refractivity contribution >= 4 is 28.4 Å². The molecule has 8 nitrogen and oxygen atoms in total. The van der Waals surface area contributed by atoms with Crippen LogP contribution < -0.4 is 15.4 Å². The topological polar surface area (TPSA) is 105 Å². The number of hydrogen-bond donors (Lipinski definition) is 3. The largest absolute Gasteiger partial charge is 0.457 e. The van der Waals surface area contributed by atoms with Crippen molar-refractivity contribution in [2.24, 2.45) is 0 Å². The fourth-order valence-electron chi connectivity index (χ4n) is 3.48. The average molecular weight is 472 g/mol. The molecule has 10 heteroatoms. The number of aromatic amines is 1. The average Bonchev–Trinajstić information content (AvgIpc) is 3.24. The highest BCUT2D eigenvalue weighted by molar-refractivity contribution is 5.99. The number of halogens is 2. The summed E-state index contributed by atoms with van der Waals surface area (Å²) < 4.78 is 33.4. The van der Waals surface area contributed by atoms with Crippen molar-refractivity contribution in [3.8, 4) is 22.8 Å². The Labute approximate surface area is 198 Å². The maximum Gasteiger partial charge on any atom is 0.323 e. The minimum absolute atomic E-state index is 0.159. The zero-order chi connectivity index (χ0) is 24.4. The molecule has 174 valence electrons. The quantitative estimate of drug-likeness (QED) is 0.289. The van der Waals surface area contributed by atoms with Crippen molar-refractivity contribution in [2.75, 3.05) is 10.6 Å². The van der Waals surface area contributed by atoms with E-state index in [9.17, 15) is 13.6 Å². The number of aromatic nitrogens is 4. The SMILES string of the molecule is Cc1[nH]ncc1-c1cnc2ccc(Oc3cc(F)cc(NC(=O)Nc4cccc(F)c4)c3)cc2n1. The second-order valence-electron chi connectivity index (χ2n) is 7.68. The Kier molecular flexibility index (Phi) is 5.76. The number of nitrogens with one attached hydrogen (secondary N) is 3. The highest BCUT2D eigenvalue weighted by Crippen LogP contribution is 2.29. The van der Waals surface area contributed by atoms with Crippen molar-refractivity contribution in [1.29, 1.82) is 0 Å². The molecule has 0 saturated carbocycles. The van der Waals surface area contributed by atoms with Gasteiger partial charge in [0.2, 0.25) is 0 Å². The molecule has 0 aliphatic carbocycles. The summed E-state index contributed by atoms with van der Waals surface area (Å²) in [6, 6.07) is 13.7. The summed E-state index contributed by atoms with van der Waals surface area (Å²) in [4.78, 5) is 21.3. The maximum absolute atomic E-state index is 14.2. The molecule has 2 amide bonds. The molecule has 2 aromatic heterocycles. The third-order valence-electron chi connectivity index (χ3n) is 5.07. The van der Waals surface area contributed by atoms with Crippen LogP contribution in [0.3, 0.4) is 0 Å². The van der Waals surface area contributed by atoms with Gasteiger partial charge in [0.05, 0.1) is 29.1 Å². The normalized spacial score (nSPS) is 10.8. The number of ether oxygens (including phenoxy) is 1. The molecule has 35 heavy (non-hydrogen) atoms. The van der Waals surface area contributed by atoms with Gasteiger partial charge in [-0.05, 0) is 43.3 Å². The van der Waals surface area contributed by atoms with E-state index in [0.717, 1.165) is 17.3 Å². The Hall–Kier alpha value is -4.86. The molecular formula is C25H18F2N6O2. The molecule has 0 aliphatic heterocycles. The number of urea groups is 1. The molecule has 0 saturated heterocycles. The first-order valence-corrected chi connectivity index (χ1v) is 10.5. The maximum atomic E-state index is 14.2. The van der Waals surface area contributed by atoms with Crippen molar-refractivity contribution in [1.82, 2.24) is 20.2 Å². The third kappa shape index (κ3) is 5.06. The van der Waals surface area contributed by atoms with E-state index in [1.807, 2.05) is 6.92 Å². The summed E-state index contributed by atoms with van der Waals surface area (Å²) in [5, 5.41) is 11.9. The first-order chi connectivity index (χ1) is 16.9. The molecule has 5 rings (SSSR count). The third-order valence-corrected chi connectivity index (χ3v) is 5.07. The Morgan fingerprint density at radius 1 is 0.886 bits per heavy atom. The van der Waals surface area contributed by atoms with E-state index >= 15 is 0 Å². The van der Waals surface area contributed by atoms with Crippen LogP contribution in [0.1, 0.15) is 5.69 Å². The summed E-state index contributed by atoms with van der Waals surface area (Å²) >= 11 is 0. The van der Waals surface area contributed by atoms with Gasteiger partial charge in [-0.2, -0.15) is 5.10 Å². The zero-order valence-electron chi connectivity index (χ0n) is 18.3. The lowest BCUT2D eigenvalue weighted by molar-refractivity contribution is 0.262. The van der Waals surface area contributed by atoms with Crippen LogP contribution in [0.5, 0.6) is 11.5 Å². The van der Waals surface area contributed by atoms with Gasteiger partial charge in [-0.1, -0.05) is 6.07 Å². The Balaban J connectivity index is 1.35. The van der Waals surface area contributed by atoms with E-state index in [1.54, 1.807) is 30.6 Å². The van der Waals surface area contributed by atoms with Crippen LogP contribution in [0, 0.1) is 18.6 Å². The number of carbonyl (C=O) groups excluding carboxylic acids is 1. The van der Waals surface area contributed by atoms with Gasteiger partial charge in [0.1, 0.15) is 23.1 Å². The number of carbonyl (C=O) groups is 1. The first-order valence-electron chi connectivity index (χ1n) is 10.5. The smallest absolute Gasteiger partial charge is 0.323 e. The number of amides is 2. The molecule has 3 aromatic carbocycles. The second-order valence-corrected chi connectivity index (χ2v) is 7.68. The Bertz CT molecular complexity index is 1550. The minimum Gasteiger partial charge on any atom is -0.457 e. The van der Waals surface area contributed by atoms with Crippen molar-refractivity contribution < 1.29 is 18.3 Å². The molecule has 0 radical (unpaired) electrons. The number of H-pyrrole nitrogens is 1. The van der Waals surface area contributed by atoms with Crippen LogP contribution >= 0.6 is 0 Å². The fourth-order valence-corrected chi connectivity index (χ4v) is 3.48. The molecule has 0 aliphatic rings. The predicted octanol–water partition coefficient (Wildman–Crippen LogP) is 6.04. The van der Waals surface area contributed by atoms with Gasteiger partial charge in [-0.3, -0.25) is 10.1 Å². The predicted molar refractivity (Wildman–Crippen MR) is 127 cm³/mol. The van der Waals surface area contributed by atoms with Gasteiger partial charge in [0, 0.05) is 40.8 Å². The summed E-state index contributed by atoms with van der Waals surface area (Å²) in [5.74, 6) is -0.521. The van der Waals surface area contributed by atoms with Crippen LogP contribution in [0.4, 0.5) is 25.0 Å². The first kappa shape index (κ1) is 22.0. The summed E-state index contributed by atoms with van der Waals surface area (Å²) in [6.07, 6.45) is 3.34. The fraction of sp³-hybridized carbons (Fsp3) is 0.0400. The highest BCUT2D eigenvalue weighted by Gasteiger charge is 2.11. The van der Waals surface area contributed by atoms with E-state index in [0.29, 0.717) is 22.5 Å². The van der Waals surface area contributed by atoms with Crippen molar-refractivity contribution in [3.63, 3.8) is 0 Å². The van der Waals surface area contributed by atoms with E-state index in [1.165, 1.54) is 36.4 Å².